The van der Waals surface area contributed by atoms with Crippen molar-refractivity contribution in [2.45, 2.75) is 39.7 Å². The van der Waals surface area contributed by atoms with Gasteiger partial charge in [-0.05, 0) is 73.9 Å². The molecule has 6 nitrogen and oxygen atoms in total. The highest BCUT2D eigenvalue weighted by Gasteiger charge is 2.18. The van der Waals surface area contributed by atoms with Crippen LogP contribution in [0.2, 0.25) is 0 Å². The first-order valence-electron chi connectivity index (χ1n) is 12.4. The SMILES string of the molecule is CCCCOC(C)CN(C=O)SC(=O)/C(O)=C\c1ccc(N(c2ccccc2)c2cccc(C)c2)cc1. The first kappa shape index (κ1) is 28.0. The summed E-state index contributed by atoms with van der Waals surface area (Å²) in [6.45, 7) is 6.84. The minimum atomic E-state index is -0.609. The Balaban J connectivity index is 1.72. The molecule has 0 aromatic heterocycles. The number of unbranched alkanes of at least 4 members (excludes halogenated alkanes) is 1. The zero-order valence-corrected chi connectivity index (χ0v) is 22.4. The molecule has 0 bridgehead atoms. The second kappa shape index (κ2) is 14.3. The van der Waals surface area contributed by atoms with Crippen LogP contribution in [-0.2, 0) is 14.3 Å². The molecule has 3 aromatic rings. The monoisotopic (exact) mass is 518 g/mol. The number of carbonyl (C=O) groups excluding carboxylic acids is 2. The standard InChI is InChI=1S/C30H34N2O4S/c1-4-5-18-36-24(3)21-31(22-33)37-30(35)29(34)20-25-14-16-27(17-15-25)32(26-11-7-6-8-12-26)28-13-9-10-23(2)19-28/h6-17,19-20,22,24,34H,4-5,18,21H2,1-3H3/b29-20+. The van der Waals surface area contributed by atoms with Gasteiger partial charge in [-0.3, -0.25) is 13.9 Å². The van der Waals surface area contributed by atoms with E-state index in [-0.39, 0.29) is 12.6 Å². The second-order valence-electron chi connectivity index (χ2n) is 8.75. The van der Waals surface area contributed by atoms with E-state index in [0.29, 0.717) is 30.5 Å². The fourth-order valence-electron chi connectivity index (χ4n) is 3.72. The zero-order chi connectivity index (χ0) is 26.6. The number of hydrogen-bond acceptors (Lipinski definition) is 6. The number of rotatable bonds is 13. The Hall–Kier alpha value is -3.55. The maximum Gasteiger partial charge on any atom is 0.274 e. The van der Waals surface area contributed by atoms with E-state index >= 15 is 0 Å². The Morgan fingerprint density at radius 3 is 2.32 bits per heavy atom. The average Bonchev–Trinajstić information content (AvgIpc) is 2.90. The Kier molecular flexibility index (Phi) is 10.8. The first-order valence-corrected chi connectivity index (χ1v) is 13.2. The molecule has 0 saturated heterocycles. The van der Waals surface area contributed by atoms with E-state index in [4.69, 9.17) is 4.74 Å². The van der Waals surface area contributed by atoms with E-state index in [9.17, 15) is 14.7 Å². The van der Waals surface area contributed by atoms with E-state index in [1.807, 2.05) is 67.6 Å². The molecule has 0 fully saturated rings. The van der Waals surface area contributed by atoms with Crippen LogP contribution in [0.4, 0.5) is 17.1 Å². The zero-order valence-electron chi connectivity index (χ0n) is 21.5. The molecular weight excluding hydrogens is 484 g/mol. The molecule has 0 radical (unpaired) electrons. The van der Waals surface area contributed by atoms with Crippen LogP contribution in [0.25, 0.3) is 6.08 Å². The highest BCUT2D eigenvalue weighted by Crippen LogP contribution is 2.34. The minimum absolute atomic E-state index is 0.211. The fraction of sp³-hybridized carbons (Fsp3) is 0.267. The third kappa shape index (κ3) is 8.51. The number of nitrogens with zero attached hydrogens (tertiary/aromatic N) is 2. The third-order valence-electron chi connectivity index (χ3n) is 5.59. The van der Waals surface area contributed by atoms with Crippen LogP contribution in [0.15, 0.2) is 84.6 Å². The predicted octanol–water partition coefficient (Wildman–Crippen LogP) is 7.20. The van der Waals surface area contributed by atoms with Crippen LogP contribution in [0, 0.1) is 6.92 Å². The van der Waals surface area contributed by atoms with Gasteiger partial charge in [-0.15, -0.1) is 0 Å². The van der Waals surface area contributed by atoms with E-state index < -0.39 is 10.9 Å². The number of para-hydroxylation sites is 1. The van der Waals surface area contributed by atoms with Gasteiger partial charge in [-0.25, -0.2) is 0 Å². The third-order valence-corrected chi connectivity index (χ3v) is 6.44. The molecule has 37 heavy (non-hydrogen) atoms. The van der Waals surface area contributed by atoms with Crippen LogP contribution >= 0.6 is 11.9 Å². The van der Waals surface area contributed by atoms with Crippen LogP contribution in [0.5, 0.6) is 0 Å². The number of aliphatic hydroxyl groups is 1. The van der Waals surface area contributed by atoms with E-state index in [1.165, 1.54) is 10.4 Å². The van der Waals surface area contributed by atoms with Crippen molar-refractivity contribution in [3.8, 4) is 0 Å². The van der Waals surface area contributed by atoms with Gasteiger partial charge in [0.1, 0.15) is 0 Å². The molecule has 3 rings (SSSR count). The molecule has 1 amide bonds. The summed E-state index contributed by atoms with van der Waals surface area (Å²) in [4.78, 5) is 26.1. The van der Waals surface area contributed by atoms with E-state index in [2.05, 4.69) is 36.9 Å². The number of aliphatic hydroxyl groups excluding tert-OH is 1. The average molecular weight is 519 g/mol. The lowest BCUT2D eigenvalue weighted by Gasteiger charge is -2.25. The maximum atomic E-state index is 12.5. The van der Waals surface area contributed by atoms with Crippen LogP contribution < -0.4 is 4.90 Å². The largest absolute Gasteiger partial charge is 0.504 e. The predicted molar refractivity (Wildman–Crippen MR) is 152 cm³/mol. The molecule has 3 aromatic carbocycles. The van der Waals surface area contributed by atoms with Gasteiger partial charge in [0.25, 0.3) is 5.12 Å². The van der Waals surface area contributed by atoms with Gasteiger partial charge < -0.3 is 14.7 Å². The lowest BCUT2D eigenvalue weighted by atomic mass is 10.1. The molecule has 7 heteroatoms. The van der Waals surface area contributed by atoms with Crippen LogP contribution in [0.3, 0.4) is 0 Å². The lowest BCUT2D eigenvalue weighted by Crippen LogP contribution is -2.28. The molecule has 0 heterocycles. The van der Waals surface area contributed by atoms with Crippen LogP contribution in [-0.4, -0.2) is 40.2 Å². The normalized spacial score (nSPS) is 12.1. The van der Waals surface area contributed by atoms with Crippen molar-refractivity contribution in [3.05, 3.63) is 95.7 Å². The summed E-state index contributed by atoms with van der Waals surface area (Å²) in [6.07, 6.45) is 3.73. The Morgan fingerprint density at radius 2 is 1.68 bits per heavy atom. The summed E-state index contributed by atoms with van der Waals surface area (Å²) in [5.74, 6) is -0.428. The molecule has 0 saturated carbocycles. The summed E-state index contributed by atoms with van der Waals surface area (Å²) < 4.78 is 6.89. The highest BCUT2D eigenvalue weighted by molar-refractivity contribution is 8.12. The van der Waals surface area contributed by atoms with Gasteiger partial charge in [0.2, 0.25) is 6.41 Å². The smallest absolute Gasteiger partial charge is 0.274 e. The van der Waals surface area contributed by atoms with Gasteiger partial charge in [-0.2, -0.15) is 0 Å². The topological polar surface area (TPSA) is 70.1 Å². The quantitative estimate of drug-likeness (QED) is 0.0848. The molecule has 0 spiro atoms. The fourth-order valence-corrected chi connectivity index (χ4v) is 4.41. The van der Waals surface area contributed by atoms with Gasteiger partial charge in [0, 0.05) is 35.6 Å². The number of hydrogen-bond donors (Lipinski definition) is 1. The second-order valence-corrected chi connectivity index (χ2v) is 9.77. The van der Waals surface area contributed by atoms with Crippen molar-refractivity contribution in [2.24, 2.45) is 0 Å². The Bertz CT molecular complexity index is 1180. The number of carbonyl (C=O) groups is 2. The van der Waals surface area contributed by atoms with Crippen molar-refractivity contribution in [1.29, 1.82) is 0 Å². The molecule has 0 aliphatic carbocycles. The number of anilines is 3. The van der Waals surface area contributed by atoms with Gasteiger partial charge in [0.05, 0.1) is 12.6 Å². The molecule has 1 N–H and O–H groups in total. The summed E-state index contributed by atoms with van der Waals surface area (Å²) in [5, 5.41) is 9.79. The van der Waals surface area contributed by atoms with E-state index in [1.54, 1.807) is 0 Å². The first-order chi connectivity index (χ1) is 17.9. The summed E-state index contributed by atoms with van der Waals surface area (Å²) >= 11 is 0.663. The molecule has 0 aliphatic heterocycles. The maximum absolute atomic E-state index is 12.5. The van der Waals surface area contributed by atoms with Crippen LogP contribution in [0.1, 0.15) is 37.8 Å². The van der Waals surface area contributed by atoms with Crippen molar-refractivity contribution < 1.29 is 19.4 Å². The van der Waals surface area contributed by atoms with Crippen molar-refractivity contribution >= 4 is 46.6 Å². The Morgan fingerprint density at radius 1 is 1.00 bits per heavy atom. The summed E-state index contributed by atoms with van der Waals surface area (Å²) in [6, 6.07) is 25.9. The number of ether oxygens (including phenoxy) is 1. The van der Waals surface area contributed by atoms with E-state index in [0.717, 1.165) is 35.5 Å². The minimum Gasteiger partial charge on any atom is -0.504 e. The molecule has 0 aliphatic rings. The number of aryl methyl sites for hydroxylation is 1. The molecule has 1 atom stereocenters. The summed E-state index contributed by atoms with van der Waals surface area (Å²) in [7, 11) is 0. The van der Waals surface area contributed by atoms with Crippen molar-refractivity contribution in [3.63, 3.8) is 0 Å². The molecule has 1 unspecified atom stereocenters. The molecule has 194 valence electrons. The van der Waals surface area contributed by atoms with Crippen molar-refractivity contribution in [2.75, 3.05) is 18.1 Å². The Labute approximate surface area is 223 Å². The number of amides is 1. The van der Waals surface area contributed by atoms with Gasteiger partial charge in [-0.1, -0.05) is 55.8 Å². The number of benzene rings is 3. The van der Waals surface area contributed by atoms with Gasteiger partial charge in [0.15, 0.2) is 5.76 Å². The molecular formula is C30H34N2O4S. The van der Waals surface area contributed by atoms with Gasteiger partial charge >= 0.3 is 0 Å². The highest BCUT2D eigenvalue weighted by atomic mass is 32.2. The van der Waals surface area contributed by atoms with Crippen molar-refractivity contribution in [1.82, 2.24) is 4.31 Å². The summed E-state index contributed by atoms with van der Waals surface area (Å²) in [5.41, 5.74) is 4.82. The lowest BCUT2D eigenvalue weighted by molar-refractivity contribution is -0.116.